The van der Waals surface area contributed by atoms with Crippen LogP contribution in [-0.4, -0.2) is 36.3 Å². The lowest BCUT2D eigenvalue weighted by molar-refractivity contribution is -0.121. The van der Waals surface area contributed by atoms with Crippen LogP contribution in [0, 0.1) is 17.7 Å². The second kappa shape index (κ2) is 11.8. The zero-order valence-corrected chi connectivity index (χ0v) is 19.1. The van der Waals surface area contributed by atoms with Gasteiger partial charge in [0.15, 0.2) is 0 Å². The van der Waals surface area contributed by atoms with E-state index in [-0.39, 0.29) is 17.6 Å². The third kappa shape index (κ3) is 7.75. The van der Waals surface area contributed by atoms with Crippen LogP contribution in [0.5, 0.6) is 0 Å². The molecule has 0 aromatic heterocycles. The lowest BCUT2D eigenvalue weighted by Gasteiger charge is -2.35. The number of carbonyl (C=O) groups excluding carboxylic acids is 2. The molecule has 0 bridgehead atoms. The number of likely N-dealkylation sites (tertiary alicyclic amines) is 1. The molecule has 2 amide bonds. The van der Waals surface area contributed by atoms with E-state index in [0.29, 0.717) is 31.5 Å². The van der Waals surface area contributed by atoms with Crippen LogP contribution in [-0.2, 0) is 17.9 Å². The standard InChI is InChI=1S/C26H34FN3O2/c1-19-14-20(2)17-30(16-19)18-22-7-5-21(6-8-22)15-29-25(31)4-3-13-28-26(32)23-9-11-24(27)12-10-23/h5-12,19-20H,3-4,13-18H2,1-2H3,(H,28,32)(H,29,31). The minimum Gasteiger partial charge on any atom is -0.352 e. The second-order valence-corrected chi connectivity index (χ2v) is 9.10. The van der Waals surface area contributed by atoms with Crippen LogP contribution in [0.25, 0.3) is 0 Å². The highest BCUT2D eigenvalue weighted by Gasteiger charge is 2.21. The van der Waals surface area contributed by atoms with Gasteiger partial charge >= 0.3 is 0 Å². The molecule has 1 aliphatic heterocycles. The number of piperidine rings is 1. The van der Waals surface area contributed by atoms with E-state index in [9.17, 15) is 14.0 Å². The van der Waals surface area contributed by atoms with Gasteiger partial charge in [-0.15, -0.1) is 0 Å². The predicted octanol–water partition coefficient (Wildman–Crippen LogP) is 4.13. The molecule has 2 aromatic carbocycles. The minimum atomic E-state index is -0.376. The number of benzene rings is 2. The Balaban J connectivity index is 1.32. The number of halogens is 1. The molecule has 0 saturated carbocycles. The molecule has 2 aromatic rings. The van der Waals surface area contributed by atoms with Crippen molar-refractivity contribution in [1.82, 2.24) is 15.5 Å². The summed E-state index contributed by atoms with van der Waals surface area (Å²) in [6.07, 6.45) is 2.20. The van der Waals surface area contributed by atoms with Crippen molar-refractivity contribution >= 4 is 11.8 Å². The summed E-state index contributed by atoms with van der Waals surface area (Å²) in [5.41, 5.74) is 2.79. The van der Waals surface area contributed by atoms with Crippen LogP contribution >= 0.6 is 0 Å². The van der Waals surface area contributed by atoms with Gasteiger partial charge in [0, 0.05) is 44.7 Å². The lowest BCUT2D eigenvalue weighted by atomic mass is 9.91. The molecule has 32 heavy (non-hydrogen) atoms. The van der Waals surface area contributed by atoms with E-state index < -0.39 is 0 Å². The molecule has 0 radical (unpaired) electrons. The topological polar surface area (TPSA) is 61.4 Å². The summed E-state index contributed by atoms with van der Waals surface area (Å²) < 4.78 is 12.9. The highest BCUT2D eigenvalue weighted by molar-refractivity contribution is 5.94. The molecule has 1 heterocycles. The first-order valence-electron chi connectivity index (χ1n) is 11.5. The second-order valence-electron chi connectivity index (χ2n) is 9.10. The summed E-state index contributed by atoms with van der Waals surface area (Å²) in [6, 6.07) is 13.8. The van der Waals surface area contributed by atoms with Gasteiger partial charge in [0.25, 0.3) is 5.91 Å². The first kappa shape index (κ1) is 23.9. The first-order valence-corrected chi connectivity index (χ1v) is 11.5. The highest BCUT2D eigenvalue weighted by atomic mass is 19.1. The number of hydrogen-bond donors (Lipinski definition) is 2. The number of amides is 2. The summed E-state index contributed by atoms with van der Waals surface area (Å²) in [4.78, 5) is 26.6. The van der Waals surface area contributed by atoms with Gasteiger partial charge in [-0.2, -0.15) is 0 Å². The molecular formula is C26H34FN3O2. The van der Waals surface area contributed by atoms with Crippen LogP contribution in [0.2, 0.25) is 0 Å². The normalized spacial score (nSPS) is 18.8. The fourth-order valence-electron chi connectivity index (χ4n) is 4.39. The Morgan fingerprint density at radius 1 is 0.938 bits per heavy atom. The van der Waals surface area contributed by atoms with E-state index in [4.69, 9.17) is 0 Å². The number of rotatable bonds is 9. The molecule has 2 unspecified atom stereocenters. The fourth-order valence-corrected chi connectivity index (χ4v) is 4.39. The molecule has 1 aliphatic rings. The summed E-state index contributed by atoms with van der Waals surface area (Å²) in [6.45, 7) is 8.84. The Morgan fingerprint density at radius 3 is 2.22 bits per heavy atom. The van der Waals surface area contributed by atoms with E-state index in [1.807, 2.05) is 0 Å². The molecule has 2 N–H and O–H groups in total. The third-order valence-electron chi connectivity index (χ3n) is 5.84. The van der Waals surface area contributed by atoms with Gasteiger partial charge in [-0.1, -0.05) is 38.1 Å². The lowest BCUT2D eigenvalue weighted by Crippen LogP contribution is -2.38. The molecule has 3 rings (SSSR count). The van der Waals surface area contributed by atoms with Crippen LogP contribution in [0.4, 0.5) is 4.39 Å². The fraction of sp³-hybridized carbons (Fsp3) is 0.462. The summed E-state index contributed by atoms with van der Waals surface area (Å²) in [5.74, 6) is 0.827. The molecule has 2 atom stereocenters. The van der Waals surface area contributed by atoms with Gasteiger partial charge in [0.1, 0.15) is 5.82 Å². The Hall–Kier alpha value is -2.73. The third-order valence-corrected chi connectivity index (χ3v) is 5.84. The molecule has 5 nitrogen and oxygen atoms in total. The van der Waals surface area contributed by atoms with Crippen molar-refractivity contribution in [2.24, 2.45) is 11.8 Å². The monoisotopic (exact) mass is 439 g/mol. The zero-order valence-electron chi connectivity index (χ0n) is 19.1. The maximum Gasteiger partial charge on any atom is 0.251 e. The summed E-state index contributed by atoms with van der Waals surface area (Å²) in [5, 5.41) is 5.68. The van der Waals surface area contributed by atoms with E-state index in [1.54, 1.807) is 0 Å². The van der Waals surface area contributed by atoms with Crippen molar-refractivity contribution in [2.75, 3.05) is 19.6 Å². The Labute approximate surface area is 190 Å². The van der Waals surface area contributed by atoms with Crippen LogP contribution < -0.4 is 10.6 Å². The van der Waals surface area contributed by atoms with E-state index in [2.05, 4.69) is 53.6 Å². The van der Waals surface area contributed by atoms with Crippen molar-refractivity contribution in [3.8, 4) is 0 Å². The zero-order chi connectivity index (χ0) is 22.9. The van der Waals surface area contributed by atoms with Gasteiger partial charge in [-0.3, -0.25) is 14.5 Å². The summed E-state index contributed by atoms with van der Waals surface area (Å²) in [7, 11) is 0. The minimum absolute atomic E-state index is 0.0404. The maximum absolute atomic E-state index is 12.9. The van der Waals surface area contributed by atoms with Gasteiger partial charge in [-0.05, 0) is 60.1 Å². The number of nitrogens with one attached hydrogen (secondary N) is 2. The van der Waals surface area contributed by atoms with Crippen molar-refractivity contribution in [3.63, 3.8) is 0 Å². The average molecular weight is 440 g/mol. The van der Waals surface area contributed by atoms with Crippen molar-refractivity contribution in [2.45, 2.75) is 46.2 Å². The SMILES string of the molecule is CC1CC(C)CN(Cc2ccc(CNC(=O)CCCNC(=O)c3ccc(F)cc3)cc2)C1. The summed E-state index contributed by atoms with van der Waals surface area (Å²) >= 11 is 0. The van der Waals surface area contributed by atoms with Crippen molar-refractivity contribution in [3.05, 3.63) is 71.0 Å². The maximum atomic E-state index is 12.9. The highest BCUT2D eigenvalue weighted by Crippen LogP contribution is 2.22. The van der Waals surface area contributed by atoms with Crippen molar-refractivity contribution < 1.29 is 14.0 Å². The van der Waals surface area contributed by atoms with Crippen LogP contribution in [0.1, 0.15) is 54.6 Å². The van der Waals surface area contributed by atoms with E-state index >= 15 is 0 Å². The van der Waals surface area contributed by atoms with Crippen molar-refractivity contribution in [1.29, 1.82) is 0 Å². The number of carbonyl (C=O) groups is 2. The predicted molar refractivity (Wildman–Crippen MR) is 124 cm³/mol. The number of hydrogen-bond acceptors (Lipinski definition) is 3. The quantitative estimate of drug-likeness (QED) is 0.578. The van der Waals surface area contributed by atoms with Crippen LogP contribution in [0.3, 0.4) is 0 Å². The molecule has 0 spiro atoms. The first-order chi connectivity index (χ1) is 15.4. The molecule has 0 aliphatic carbocycles. The Bertz CT molecular complexity index is 873. The van der Waals surface area contributed by atoms with Gasteiger partial charge in [-0.25, -0.2) is 4.39 Å². The van der Waals surface area contributed by atoms with Gasteiger partial charge in [0.2, 0.25) is 5.91 Å². The Morgan fingerprint density at radius 2 is 1.56 bits per heavy atom. The molecule has 6 heteroatoms. The largest absolute Gasteiger partial charge is 0.352 e. The van der Waals surface area contributed by atoms with Gasteiger partial charge < -0.3 is 10.6 Å². The molecular weight excluding hydrogens is 405 g/mol. The molecule has 1 saturated heterocycles. The van der Waals surface area contributed by atoms with Gasteiger partial charge in [0.05, 0.1) is 0 Å². The molecule has 172 valence electrons. The van der Waals surface area contributed by atoms with E-state index in [1.165, 1.54) is 36.2 Å². The van der Waals surface area contributed by atoms with Crippen LogP contribution in [0.15, 0.2) is 48.5 Å². The Kier molecular flexibility index (Phi) is 8.80. The average Bonchev–Trinajstić information content (AvgIpc) is 2.76. The van der Waals surface area contributed by atoms with E-state index in [0.717, 1.165) is 37.0 Å². The molecule has 1 fully saturated rings. The smallest absolute Gasteiger partial charge is 0.251 e. The number of nitrogens with zero attached hydrogens (tertiary/aromatic N) is 1.